The zero-order chi connectivity index (χ0) is 24.6. The van der Waals surface area contributed by atoms with Crippen LogP contribution in [-0.2, 0) is 0 Å². The van der Waals surface area contributed by atoms with Crippen LogP contribution in [0, 0.1) is 5.41 Å². The minimum atomic E-state index is -1.06. The molecule has 0 saturated heterocycles. The van der Waals surface area contributed by atoms with Gasteiger partial charge < -0.3 is 10.0 Å². The second-order valence-corrected chi connectivity index (χ2v) is 11.8. The number of carboxylic acid groups (broad SMARTS) is 1. The Morgan fingerprint density at radius 3 is 2.41 bits per heavy atom. The van der Waals surface area contributed by atoms with Crippen LogP contribution in [0.5, 0.6) is 0 Å². The largest absolute Gasteiger partial charge is 0.478 e. The molecule has 3 aromatic carbocycles. The minimum absolute atomic E-state index is 0.0612. The van der Waals surface area contributed by atoms with Crippen molar-refractivity contribution in [3.05, 3.63) is 76.3 Å². The molecule has 1 N–H and O–H groups in total. The second kappa shape index (κ2) is 9.82. The highest BCUT2D eigenvalue weighted by Gasteiger charge is 2.31. The molecule has 0 amide bonds. The van der Waals surface area contributed by atoms with Crippen LogP contribution in [0.15, 0.2) is 65.6 Å². The molecule has 0 bridgehead atoms. The van der Waals surface area contributed by atoms with E-state index in [4.69, 9.17) is 23.2 Å². The molecule has 1 heterocycles. The third-order valence-corrected chi connectivity index (χ3v) is 7.67. The highest BCUT2D eigenvalue weighted by atomic mass is 35.5. The highest BCUT2D eigenvalue weighted by Crippen LogP contribution is 2.46. The van der Waals surface area contributed by atoms with Crippen molar-refractivity contribution in [3.8, 4) is 11.1 Å². The van der Waals surface area contributed by atoms with E-state index in [-0.39, 0.29) is 16.0 Å². The first-order valence-corrected chi connectivity index (χ1v) is 12.7. The number of nitrogens with zero attached hydrogens (tertiary/aromatic N) is 2. The van der Waals surface area contributed by atoms with Crippen LogP contribution in [0.25, 0.3) is 11.1 Å². The Kier molecular flexibility index (Phi) is 7.20. The Balaban J connectivity index is 1.84. The molecule has 34 heavy (non-hydrogen) atoms. The summed E-state index contributed by atoms with van der Waals surface area (Å²) in [6.07, 6.45) is 1.04. The van der Waals surface area contributed by atoms with E-state index in [2.05, 4.69) is 55.2 Å². The number of aromatic carboxylic acids is 1. The van der Waals surface area contributed by atoms with Crippen LogP contribution in [0.4, 0.5) is 11.4 Å². The minimum Gasteiger partial charge on any atom is -0.478 e. The van der Waals surface area contributed by atoms with E-state index < -0.39 is 5.97 Å². The molecule has 0 aliphatic carbocycles. The van der Waals surface area contributed by atoms with Gasteiger partial charge in [-0.05, 0) is 72.8 Å². The molecule has 178 valence electrons. The summed E-state index contributed by atoms with van der Waals surface area (Å²) in [6, 6.07) is 19.7. The number of carboxylic acids is 1. The van der Waals surface area contributed by atoms with E-state index in [9.17, 15) is 9.90 Å². The van der Waals surface area contributed by atoms with Crippen LogP contribution in [0.2, 0.25) is 10.0 Å². The maximum Gasteiger partial charge on any atom is 0.337 e. The molecule has 1 aliphatic heterocycles. The summed E-state index contributed by atoms with van der Waals surface area (Å²) in [5, 5.41) is 10.3. The van der Waals surface area contributed by atoms with Crippen LogP contribution in [0.3, 0.4) is 0 Å². The number of para-hydroxylation sites is 1. The second-order valence-electron chi connectivity index (χ2n) is 9.80. The van der Waals surface area contributed by atoms with Gasteiger partial charge in [0.1, 0.15) is 0 Å². The smallest absolute Gasteiger partial charge is 0.337 e. The number of halogens is 2. The highest BCUT2D eigenvalue weighted by molar-refractivity contribution is 7.97. The summed E-state index contributed by atoms with van der Waals surface area (Å²) in [7, 11) is 2.14. The Morgan fingerprint density at radius 2 is 1.76 bits per heavy atom. The van der Waals surface area contributed by atoms with E-state index in [1.165, 1.54) is 0 Å². The van der Waals surface area contributed by atoms with Crippen LogP contribution < -0.4 is 4.90 Å². The predicted molar refractivity (Wildman–Crippen MR) is 144 cm³/mol. The first kappa shape index (κ1) is 24.9. The lowest BCUT2D eigenvalue weighted by atomic mass is 9.88. The molecule has 0 radical (unpaired) electrons. The van der Waals surface area contributed by atoms with Gasteiger partial charge in [-0.15, -0.1) is 0 Å². The Hall–Kier alpha value is -2.18. The van der Waals surface area contributed by atoms with Gasteiger partial charge in [0.2, 0.25) is 0 Å². The first-order chi connectivity index (χ1) is 16.0. The van der Waals surface area contributed by atoms with E-state index in [1.54, 1.807) is 24.1 Å². The van der Waals surface area contributed by atoms with Crippen molar-refractivity contribution in [2.75, 3.05) is 18.5 Å². The van der Waals surface area contributed by atoms with Gasteiger partial charge in [0.15, 0.2) is 0 Å². The van der Waals surface area contributed by atoms with Crippen molar-refractivity contribution in [1.29, 1.82) is 0 Å². The van der Waals surface area contributed by atoms with Crippen molar-refractivity contribution < 1.29 is 9.90 Å². The number of benzene rings is 3. The zero-order valence-corrected chi connectivity index (χ0v) is 22.0. The van der Waals surface area contributed by atoms with Gasteiger partial charge >= 0.3 is 5.97 Å². The lowest BCUT2D eigenvalue weighted by Crippen LogP contribution is -2.38. The fourth-order valence-electron chi connectivity index (χ4n) is 4.31. The Bertz CT molecular complexity index is 1210. The number of fused-ring (bicyclic) bond motifs is 1. The molecule has 1 aliphatic rings. The van der Waals surface area contributed by atoms with Crippen molar-refractivity contribution in [1.82, 2.24) is 4.31 Å². The number of hydrogen-bond donors (Lipinski definition) is 1. The molecule has 0 unspecified atom stereocenters. The maximum absolute atomic E-state index is 11.6. The lowest BCUT2D eigenvalue weighted by Gasteiger charge is -2.33. The SMILES string of the molecule is CN1Sc2cc(-c3ccc(Cl)c(C(=O)O)c3)c(Cl)cc2N(c2ccccc2)C[C@@H]1CC(C)(C)C. The quantitative estimate of drug-likeness (QED) is 0.355. The molecule has 4 rings (SSSR count). The summed E-state index contributed by atoms with van der Waals surface area (Å²) in [5.41, 5.74) is 3.90. The molecule has 0 spiro atoms. The van der Waals surface area contributed by atoms with E-state index in [0.717, 1.165) is 40.4 Å². The summed E-state index contributed by atoms with van der Waals surface area (Å²) in [6.45, 7) is 7.64. The van der Waals surface area contributed by atoms with Crippen molar-refractivity contribution in [3.63, 3.8) is 0 Å². The Labute approximate surface area is 215 Å². The molecule has 1 atom stereocenters. The van der Waals surface area contributed by atoms with Gasteiger partial charge in [0.25, 0.3) is 0 Å². The monoisotopic (exact) mass is 514 g/mol. The van der Waals surface area contributed by atoms with Gasteiger partial charge in [-0.3, -0.25) is 0 Å². The normalized spacial score (nSPS) is 16.8. The van der Waals surface area contributed by atoms with Gasteiger partial charge in [-0.1, -0.05) is 68.2 Å². The summed E-state index contributed by atoms with van der Waals surface area (Å²) >= 11 is 14.6. The van der Waals surface area contributed by atoms with Gasteiger partial charge in [-0.2, -0.15) is 0 Å². The number of rotatable bonds is 4. The molecule has 7 heteroatoms. The van der Waals surface area contributed by atoms with Crippen molar-refractivity contribution in [2.24, 2.45) is 5.41 Å². The summed E-state index contributed by atoms with van der Waals surface area (Å²) < 4.78 is 2.33. The standard InChI is InChI=1S/C27H28Cl2N2O2S/c1-27(2,3)15-19-16-31(18-8-6-5-7-9-18)24-14-23(29)20(13-25(24)34-30(19)4)17-10-11-22(28)21(12-17)26(32)33/h5-14,19H,15-16H2,1-4H3,(H,32,33)/t19-/m0/s1. The number of anilines is 2. The molecule has 0 fully saturated rings. The van der Waals surface area contributed by atoms with Gasteiger partial charge in [0.05, 0.1) is 21.3 Å². The maximum atomic E-state index is 11.6. The molecule has 3 aromatic rings. The first-order valence-electron chi connectivity index (χ1n) is 11.1. The number of hydrogen-bond acceptors (Lipinski definition) is 4. The van der Waals surface area contributed by atoms with E-state index >= 15 is 0 Å². The molecule has 4 nitrogen and oxygen atoms in total. The van der Waals surface area contributed by atoms with E-state index in [1.807, 2.05) is 30.3 Å². The fraction of sp³-hybridized carbons (Fsp3) is 0.296. The predicted octanol–water partition coefficient (Wildman–Crippen LogP) is 8.25. The number of likely N-dealkylation sites (N-methyl/N-ethyl adjacent to an activating group) is 1. The van der Waals surface area contributed by atoms with Crippen LogP contribution in [-0.4, -0.2) is 35.0 Å². The molecule has 0 aromatic heterocycles. The van der Waals surface area contributed by atoms with Crippen LogP contribution >= 0.6 is 35.1 Å². The van der Waals surface area contributed by atoms with Crippen molar-refractivity contribution >= 4 is 52.5 Å². The lowest BCUT2D eigenvalue weighted by molar-refractivity contribution is 0.0697. The summed E-state index contributed by atoms with van der Waals surface area (Å²) in [5.74, 6) is -1.06. The average molecular weight is 516 g/mol. The van der Waals surface area contributed by atoms with Gasteiger partial charge in [-0.25, -0.2) is 9.10 Å². The fourth-order valence-corrected chi connectivity index (χ4v) is 5.81. The topological polar surface area (TPSA) is 43.8 Å². The third kappa shape index (κ3) is 5.38. The van der Waals surface area contributed by atoms with E-state index in [0.29, 0.717) is 11.1 Å². The zero-order valence-electron chi connectivity index (χ0n) is 19.7. The molecular weight excluding hydrogens is 487 g/mol. The Morgan fingerprint density at radius 1 is 1.06 bits per heavy atom. The van der Waals surface area contributed by atoms with Gasteiger partial charge in [0, 0.05) is 28.7 Å². The van der Waals surface area contributed by atoms with Crippen molar-refractivity contribution in [2.45, 2.75) is 38.1 Å². The average Bonchev–Trinajstić information content (AvgIpc) is 2.89. The van der Waals surface area contributed by atoms with Crippen LogP contribution in [0.1, 0.15) is 37.6 Å². The molecule has 0 saturated carbocycles. The number of carbonyl (C=O) groups is 1. The summed E-state index contributed by atoms with van der Waals surface area (Å²) in [4.78, 5) is 15.0. The molecular formula is C27H28Cl2N2O2S. The third-order valence-electron chi connectivity index (χ3n) is 5.91.